The summed E-state index contributed by atoms with van der Waals surface area (Å²) in [6.07, 6.45) is 4.84. The predicted octanol–water partition coefficient (Wildman–Crippen LogP) is 1.65. The largest absolute Gasteiger partial charge is 0.418 e. The number of nitrogens with one attached hydrogen (secondary N) is 1. The lowest BCUT2D eigenvalue weighted by molar-refractivity contribution is 0.474. The molecule has 4 aromatic rings. The molecule has 9 heteroatoms. The molecule has 0 saturated heterocycles. The van der Waals surface area contributed by atoms with Gasteiger partial charge in [0.25, 0.3) is 5.89 Å². The molecule has 0 amide bonds. The van der Waals surface area contributed by atoms with E-state index >= 15 is 0 Å². The molecule has 4 rings (SSSR count). The summed E-state index contributed by atoms with van der Waals surface area (Å²) >= 11 is 0. The fourth-order valence-corrected chi connectivity index (χ4v) is 2.65. The standard InChI is InChI=1S/C17H18N8O/c1-12-5-6-14(24(12)2)17-23-22-15(26-17)9-18-8-13-4-3-7-20-16(13)25-11-19-10-21-25/h3-7,10-11,18H,8-9H2,1-2H3. The predicted molar refractivity (Wildman–Crippen MR) is 93.1 cm³/mol. The number of hydrogen-bond donors (Lipinski definition) is 1. The van der Waals surface area contributed by atoms with Gasteiger partial charge in [0.15, 0.2) is 5.82 Å². The van der Waals surface area contributed by atoms with Crippen LogP contribution >= 0.6 is 0 Å². The number of aryl methyl sites for hydroxylation is 1. The molecule has 0 bridgehead atoms. The van der Waals surface area contributed by atoms with Crippen molar-refractivity contribution in [2.45, 2.75) is 20.0 Å². The first-order valence-electron chi connectivity index (χ1n) is 8.17. The van der Waals surface area contributed by atoms with Crippen molar-refractivity contribution >= 4 is 0 Å². The Hall–Kier alpha value is -3.33. The molecule has 0 radical (unpaired) electrons. The van der Waals surface area contributed by atoms with Crippen LogP contribution in [0.3, 0.4) is 0 Å². The molecular weight excluding hydrogens is 332 g/mol. The van der Waals surface area contributed by atoms with Crippen molar-refractivity contribution in [2.75, 3.05) is 0 Å². The van der Waals surface area contributed by atoms with Gasteiger partial charge in [0.2, 0.25) is 5.89 Å². The van der Waals surface area contributed by atoms with Gasteiger partial charge in [0.1, 0.15) is 18.3 Å². The summed E-state index contributed by atoms with van der Waals surface area (Å²) < 4.78 is 9.41. The quantitative estimate of drug-likeness (QED) is 0.564. The number of aromatic nitrogens is 7. The lowest BCUT2D eigenvalue weighted by atomic mass is 10.2. The average molecular weight is 350 g/mol. The van der Waals surface area contributed by atoms with Gasteiger partial charge in [-0.25, -0.2) is 14.6 Å². The normalized spacial score (nSPS) is 11.2. The Morgan fingerprint density at radius 2 is 2.08 bits per heavy atom. The molecule has 4 heterocycles. The van der Waals surface area contributed by atoms with Gasteiger partial charge >= 0.3 is 0 Å². The highest BCUT2D eigenvalue weighted by atomic mass is 16.4. The molecule has 0 aliphatic carbocycles. The number of nitrogens with zero attached hydrogens (tertiary/aromatic N) is 7. The van der Waals surface area contributed by atoms with Crippen molar-refractivity contribution < 1.29 is 4.42 Å². The van der Waals surface area contributed by atoms with Crippen LogP contribution in [0.15, 0.2) is 47.5 Å². The molecule has 0 fully saturated rings. The zero-order valence-corrected chi connectivity index (χ0v) is 14.5. The third-order valence-electron chi connectivity index (χ3n) is 4.15. The van der Waals surface area contributed by atoms with Crippen LogP contribution in [0.25, 0.3) is 17.4 Å². The van der Waals surface area contributed by atoms with Crippen molar-refractivity contribution in [3.8, 4) is 17.4 Å². The zero-order chi connectivity index (χ0) is 17.9. The lowest BCUT2D eigenvalue weighted by Gasteiger charge is -2.07. The summed E-state index contributed by atoms with van der Waals surface area (Å²) in [7, 11) is 1.97. The van der Waals surface area contributed by atoms with E-state index in [0.29, 0.717) is 24.9 Å². The molecule has 0 spiro atoms. The highest BCUT2D eigenvalue weighted by molar-refractivity contribution is 5.48. The Labute approximate surface area is 149 Å². The Morgan fingerprint density at radius 3 is 2.85 bits per heavy atom. The summed E-state index contributed by atoms with van der Waals surface area (Å²) in [5.41, 5.74) is 3.04. The van der Waals surface area contributed by atoms with E-state index in [9.17, 15) is 0 Å². The van der Waals surface area contributed by atoms with Gasteiger partial charge in [-0.1, -0.05) is 6.07 Å². The molecule has 4 aromatic heterocycles. The zero-order valence-electron chi connectivity index (χ0n) is 14.5. The second-order valence-electron chi connectivity index (χ2n) is 5.85. The van der Waals surface area contributed by atoms with Gasteiger partial charge in [0.05, 0.1) is 6.54 Å². The van der Waals surface area contributed by atoms with Crippen LogP contribution in [0.1, 0.15) is 17.1 Å². The van der Waals surface area contributed by atoms with E-state index in [-0.39, 0.29) is 0 Å². The molecule has 0 saturated carbocycles. The van der Waals surface area contributed by atoms with E-state index in [1.807, 2.05) is 42.8 Å². The second-order valence-corrected chi connectivity index (χ2v) is 5.85. The van der Waals surface area contributed by atoms with Crippen molar-refractivity contribution in [1.82, 2.24) is 39.8 Å². The molecule has 1 N–H and O–H groups in total. The van der Waals surface area contributed by atoms with Gasteiger partial charge < -0.3 is 14.3 Å². The van der Waals surface area contributed by atoms with Crippen LogP contribution in [0.5, 0.6) is 0 Å². The summed E-state index contributed by atoms with van der Waals surface area (Å²) in [6.45, 7) is 3.08. The van der Waals surface area contributed by atoms with E-state index in [4.69, 9.17) is 4.42 Å². The average Bonchev–Trinajstić information content (AvgIpc) is 3.39. The van der Waals surface area contributed by atoms with E-state index in [2.05, 4.69) is 30.6 Å². The Kier molecular flexibility index (Phi) is 4.28. The molecule has 9 nitrogen and oxygen atoms in total. The molecule has 0 atom stereocenters. The monoisotopic (exact) mass is 350 g/mol. The smallest absolute Gasteiger partial charge is 0.264 e. The highest BCUT2D eigenvalue weighted by Gasteiger charge is 2.13. The van der Waals surface area contributed by atoms with E-state index in [1.54, 1.807) is 17.2 Å². The minimum Gasteiger partial charge on any atom is -0.418 e. The Morgan fingerprint density at radius 1 is 1.15 bits per heavy atom. The molecule has 26 heavy (non-hydrogen) atoms. The van der Waals surface area contributed by atoms with Crippen LogP contribution in [-0.4, -0.2) is 34.5 Å². The Balaban J connectivity index is 1.43. The maximum atomic E-state index is 5.76. The van der Waals surface area contributed by atoms with Gasteiger partial charge in [0, 0.05) is 31.0 Å². The van der Waals surface area contributed by atoms with Crippen molar-refractivity contribution in [3.05, 3.63) is 60.3 Å². The fourth-order valence-electron chi connectivity index (χ4n) is 2.65. The van der Waals surface area contributed by atoms with E-state index in [0.717, 1.165) is 22.8 Å². The molecule has 0 aliphatic heterocycles. The van der Waals surface area contributed by atoms with Gasteiger partial charge in [-0.15, -0.1) is 10.2 Å². The summed E-state index contributed by atoms with van der Waals surface area (Å²) in [5, 5.41) is 15.7. The second kappa shape index (κ2) is 6.89. The van der Waals surface area contributed by atoms with Crippen LogP contribution in [0.2, 0.25) is 0 Å². The summed E-state index contributed by atoms with van der Waals surface area (Å²) in [5.74, 6) is 1.79. The number of pyridine rings is 1. The molecular formula is C17H18N8O. The van der Waals surface area contributed by atoms with Crippen molar-refractivity contribution in [2.24, 2.45) is 7.05 Å². The maximum absolute atomic E-state index is 5.76. The first-order chi connectivity index (χ1) is 12.7. The summed E-state index contributed by atoms with van der Waals surface area (Å²) in [6, 6.07) is 7.87. The molecule has 132 valence electrons. The lowest BCUT2D eigenvalue weighted by Crippen LogP contribution is -2.15. The topological polar surface area (TPSA) is 99.5 Å². The van der Waals surface area contributed by atoms with E-state index < -0.39 is 0 Å². The fraction of sp³-hybridized carbons (Fsp3) is 0.235. The third-order valence-corrected chi connectivity index (χ3v) is 4.15. The Bertz CT molecular complexity index is 1000. The SMILES string of the molecule is Cc1ccc(-c2nnc(CNCc3cccnc3-n3cncn3)o2)n1C. The molecule has 0 aromatic carbocycles. The van der Waals surface area contributed by atoms with Crippen molar-refractivity contribution in [1.29, 1.82) is 0 Å². The third kappa shape index (κ3) is 3.11. The molecule has 0 unspecified atom stereocenters. The molecule has 0 aliphatic rings. The maximum Gasteiger partial charge on any atom is 0.264 e. The highest BCUT2D eigenvalue weighted by Crippen LogP contribution is 2.19. The van der Waals surface area contributed by atoms with Crippen LogP contribution in [0.4, 0.5) is 0 Å². The van der Waals surface area contributed by atoms with Gasteiger partial charge in [-0.05, 0) is 25.1 Å². The van der Waals surface area contributed by atoms with Crippen LogP contribution in [0, 0.1) is 6.92 Å². The number of rotatable bonds is 6. The number of hydrogen-bond acceptors (Lipinski definition) is 7. The van der Waals surface area contributed by atoms with E-state index in [1.165, 1.54) is 6.33 Å². The summed E-state index contributed by atoms with van der Waals surface area (Å²) in [4.78, 5) is 8.33. The minimum absolute atomic E-state index is 0.460. The van der Waals surface area contributed by atoms with Crippen molar-refractivity contribution in [3.63, 3.8) is 0 Å². The minimum atomic E-state index is 0.460. The first kappa shape index (κ1) is 16.2. The van der Waals surface area contributed by atoms with Gasteiger partial charge in [-0.3, -0.25) is 0 Å². The van der Waals surface area contributed by atoms with Crippen LogP contribution < -0.4 is 5.32 Å². The van der Waals surface area contributed by atoms with Crippen LogP contribution in [-0.2, 0) is 20.1 Å². The van der Waals surface area contributed by atoms with Gasteiger partial charge in [-0.2, -0.15) is 5.10 Å². The first-order valence-corrected chi connectivity index (χ1v) is 8.17.